The molecule has 0 aromatic heterocycles. The minimum Gasteiger partial charge on any atom is -0.497 e. The van der Waals surface area contributed by atoms with Gasteiger partial charge in [0, 0.05) is 26.2 Å². The van der Waals surface area contributed by atoms with Crippen molar-refractivity contribution in [3.63, 3.8) is 0 Å². The first-order valence-electron chi connectivity index (χ1n) is 9.01. The van der Waals surface area contributed by atoms with E-state index in [1.165, 1.54) is 5.56 Å². The van der Waals surface area contributed by atoms with Crippen LogP contribution in [0, 0.1) is 0 Å². The maximum atomic E-state index is 12.3. The zero-order valence-corrected chi connectivity index (χ0v) is 18.7. The average Bonchev–Trinajstić information content (AvgIpc) is 3.01. The zero-order valence-electron chi connectivity index (χ0n) is 16.4. The molecular weight excluding hydrogens is 459 g/mol. The highest BCUT2D eigenvalue weighted by molar-refractivity contribution is 14.0. The SMILES string of the molecule is COc1ccc(CNC2=NCC3CN(C(=O)OC(C)(C)C)CCN23)cc1.I. The molecule has 0 bridgehead atoms. The quantitative estimate of drug-likeness (QED) is 0.663. The van der Waals surface area contributed by atoms with E-state index in [-0.39, 0.29) is 36.1 Å². The summed E-state index contributed by atoms with van der Waals surface area (Å²) in [7, 11) is 1.66. The van der Waals surface area contributed by atoms with Crippen LogP contribution in [0.25, 0.3) is 0 Å². The number of guanidine groups is 1. The monoisotopic (exact) mass is 488 g/mol. The van der Waals surface area contributed by atoms with Gasteiger partial charge in [-0.15, -0.1) is 24.0 Å². The molecule has 27 heavy (non-hydrogen) atoms. The van der Waals surface area contributed by atoms with Crippen molar-refractivity contribution in [2.24, 2.45) is 4.99 Å². The molecule has 2 aliphatic rings. The van der Waals surface area contributed by atoms with Crippen LogP contribution >= 0.6 is 24.0 Å². The Kier molecular flexibility index (Phi) is 7.19. The van der Waals surface area contributed by atoms with Crippen LogP contribution < -0.4 is 10.1 Å². The number of benzene rings is 1. The number of nitrogens with zero attached hydrogens (tertiary/aromatic N) is 3. The van der Waals surface area contributed by atoms with Gasteiger partial charge >= 0.3 is 6.09 Å². The second-order valence-electron chi connectivity index (χ2n) is 7.64. The van der Waals surface area contributed by atoms with Crippen LogP contribution in [0.1, 0.15) is 26.3 Å². The third-order valence-corrected chi connectivity index (χ3v) is 4.47. The van der Waals surface area contributed by atoms with Crippen molar-refractivity contribution in [3.05, 3.63) is 29.8 Å². The van der Waals surface area contributed by atoms with E-state index >= 15 is 0 Å². The molecule has 3 rings (SSSR count). The highest BCUT2D eigenvalue weighted by atomic mass is 127. The number of carbonyl (C=O) groups excluding carboxylic acids is 1. The van der Waals surface area contributed by atoms with Gasteiger partial charge in [0.05, 0.1) is 19.7 Å². The third-order valence-electron chi connectivity index (χ3n) is 4.47. The highest BCUT2D eigenvalue weighted by Crippen LogP contribution is 2.19. The third kappa shape index (κ3) is 5.63. The Morgan fingerprint density at radius 1 is 1.26 bits per heavy atom. The summed E-state index contributed by atoms with van der Waals surface area (Å²) in [6.45, 7) is 9.13. The first-order valence-corrected chi connectivity index (χ1v) is 9.01. The van der Waals surface area contributed by atoms with Gasteiger partial charge < -0.3 is 24.6 Å². The van der Waals surface area contributed by atoms with Crippen LogP contribution in [0.3, 0.4) is 0 Å². The molecule has 1 aromatic carbocycles. The number of fused-ring (bicyclic) bond motifs is 1. The van der Waals surface area contributed by atoms with Crippen LogP contribution in [-0.4, -0.2) is 66.8 Å². The van der Waals surface area contributed by atoms with Crippen molar-refractivity contribution in [2.75, 3.05) is 33.3 Å². The van der Waals surface area contributed by atoms with Crippen molar-refractivity contribution in [1.82, 2.24) is 15.1 Å². The molecule has 1 amide bonds. The fourth-order valence-corrected chi connectivity index (χ4v) is 3.15. The summed E-state index contributed by atoms with van der Waals surface area (Å²) >= 11 is 0. The van der Waals surface area contributed by atoms with Gasteiger partial charge in [0.2, 0.25) is 0 Å². The molecule has 1 unspecified atom stereocenters. The lowest BCUT2D eigenvalue weighted by Crippen LogP contribution is -2.57. The minimum atomic E-state index is -0.467. The standard InChI is InChI=1S/C19H28N4O3.HI/c1-19(2,3)26-18(24)22-9-10-23-15(13-22)12-21-17(23)20-11-14-5-7-16(25-4)8-6-14;/h5-8,15H,9-13H2,1-4H3,(H,20,21);1H. The lowest BCUT2D eigenvalue weighted by molar-refractivity contribution is 0.0137. The summed E-state index contributed by atoms with van der Waals surface area (Å²) in [5.41, 5.74) is 0.704. The fraction of sp³-hybridized carbons (Fsp3) is 0.579. The number of hydrogen-bond acceptors (Lipinski definition) is 6. The molecule has 1 saturated heterocycles. The van der Waals surface area contributed by atoms with E-state index in [1.807, 2.05) is 45.0 Å². The molecule has 150 valence electrons. The summed E-state index contributed by atoms with van der Waals surface area (Å²) < 4.78 is 10.7. The number of aliphatic imine (C=N–C) groups is 1. The number of carbonyl (C=O) groups is 1. The maximum Gasteiger partial charge on any atom is 0.410 e. The molecule has 0 saturated carbocycles. The van der Waals surface area contributed by atoms with Gasteiger partial charge in [-0.05, 0) is 38.5 Å². The Labute approximate surface area is 178 Å². The fourth-order valence-electron chi connectivity index (χ4n) is 3.15. The zero-order chi connectivity index (χ0) is 18.7. The van der Waals surface area contributed by atoms with Crippen molar-refractivity contribution in [1.29, 1.82) is 0 Å². The van der Waals surface area contributed by atoms with Gasteiger partial charge in [0.15, 0.2) is 5.96 Å². The Balaban J connectivity index is 0.00000261. The molecule has 8 heteroatoms. The predicted octanol–water partition coefficient (Wildman–Crippen LogP) is 2.69. The normalized spacial score (nSPS) is 19.0. The molecule has 1 aromatic rings. The molecule has 0 radical (unpaired) electrons. The maximum absolute atomic E-state index is 12.3. The smallest absolute Gasteiger partial charge is 0.410 e. The van der Waals surface area contributed by atoms with Gasteiger partial charge in [0.1, 0.15) is 11.4 Å². The van der Waals surface area contributed by atoms with Crippen LogP contribution in [-0.2, 0) is 11.3 Å². The highest BCUT2D eigenvalue weighted by Gasteiger charge is 2.36. The van der Waals surface area contributed by atoms with Gasteiger partial charge in [-0.2, -0.15) is 0 Å². The van der Waals surface area contributed by atoms with E-state index < -0.39 is 5.60 Å². The molecule has 0 aliphatic carbocycles. The van der Waals surface area contributed by atoms with Crippen molar-refractivity contribution in [2.45, 2.75) is 39.0 Å². The molecule has 0 spiro atoms. The van der Waals surface area contributed by atoms with Crippen LogP contribution in [0.5, 0.6) is 5.75 Å². The first kappa shape index (κ1) is 21.6. The van der Waals surface area contributed by atoms with Gasteiger partial charge in [-0.3, -0.25) is 4.99 Å². The lowest BCUT2D eigenvalue weighted by atomic mass is 10.2. The Morgan fingerprint density at radius 2 is 1.96 bits per heavy atom. The van der Waals surface area contributed by atoms with E-state index in [0.717, 1.165) is 18.3 Å². The summed E-state index contributed by atoms with van der Waals surface area (Å²) in [5, 5.41) is 3.42. The summed E-state index contributed by atoms with van der Waals surface area (Å²) in [6.07, 6.45) is -0.239. The molecule has 1 atom stereocenters. The van der Waals surface area contributed by atoms with Crippen LogP contribution in [0.2, 0.25) is 0 Å². The largest absolute Gasteiger partial charge is 0.497 e. The van der Waals surface area contributed by atoms with Crippen LogP contribution in [0.4, 0.5) is 4.79 Å². The average molecular weight is 488 g/mol. The minimum absolute atomic E-state index is 0. The van der Waals surface area contributed by atoms with Crippen molar-refractivity contribution >= 4 is 36.0 Å². The number of rotatable bonds is 3. The first-order chi connectivity index (χ1) is 12.4. The second kappa shape index (κ2) is 8.99. The van der Waals surface area contributed by atoms with E-state index in [1.54, 1.807) is 12.0 Å². The summed E-state index contributed by atoms with van der Waals surface area (Å²) in [5.74, 6) is 1.76. The Bertz CT molecular complexity index is 673. The van der Waals surface area contributed by atoms with Gasteiger partial charge in [-0.1, -0.05) is 12.1 Å². The van der Waals surface area contributed by atoms with Crippen molar-refractivity contribution < 1.29 is 14.3 Å². The van der Waals surface area contributed by atoms with Crippen molar-refractivity contribution in [3.8, 4) is 5.75 Å². The number of piperazine rings is 1. The van der Waals surface area contributed by atoms with E-state index in [2.05, 4.69) is 15.2 Å². The van der Waals surface area contributed by atoms with E-state index in [0.29, 0.717) is 26.2 Å². The lowest BCUT2D eigenvalue weighted by Gasteiger charge is -2.39. The number of nitrogens with one attached hydrogen (secondary N) is 1. The van der Waals surface area contributed by atoms with E-state index in [4.69, 9.17) is 9.47 Å². The van der Waals surface area contributed by atoms with Gasteiger partial charge in [0.25, 0.3) is 0 Å². The number of hydrogen-bond donors (Lipinski definition) is 1. The number of amides is 1. The predicted molar refractivity (Wildman–Crippen MR) is 116 cm³/mol. The topological polar surface area (TPSA) is 66.4 Å². The molecule has 7 nitrogen and oxygen atoms in total. The molecule has 2 heterocycles. The molecule has 1 N–H and O–H groups in total. The van der Waals surface area contributed by atoms with Crippen LogP contribution in [0.15, 0.2) is 29.3 Å². The number of halogens is 1. The second-order valence-corrected chi connectivity index (χ2v) is 7.64. The molecule has 1 fully saturated rings. The van der Waals surface area contributed by atoms with E-state index in [9.17, 15) is 4.79 Å². The number of ether oxygens (including phenoxy) is 2. The Hall–Kier alpha value is -1.71. The summed E-state index contributed by atoms with van der Waals surface area (Å²) in [6, 6.07) is 8.21. The molecule has 2 aliphatic heterocycles. The Morgan fingerprint density at radius 3 is 2.59 bits per heavy atom. The number of methoxy groups -OCH3 is 1. The summed E-state index contributed by atoms with van der Waals surface area (Å²) in [4.78, 5) is 20.9. The molecular formula is C19H29IN4O3. The van der Waals surface area contributed by atoms with Gasteiger partial charge in [-0.25, -0.2) is 4.79 Å².